The van der Waals surface area contributed by atoms with E-state index in [1.54, 1.807) is 17.0 Å². The number of nitrogens with zero attached hydrogens (tertiary/aromatic N) is 5. The minimum absolute atomic E-state index is 0.0117. The molecule has 2 fully saturated rings. The predicted octanol–water partition coefficient (Wildman–Crippen LogP) is 4.32. The largest absolute Gasteiger partial charge is 0.366 e. The van der Waals surface area contributed by atoms with Crippen LogP contribution in [0.2, 0.25) is 0 Å². The third kappa shape index (κ3) is 4.04. The second-order valence-electron chi connectivity index (χ2n) is 9.20. The highest BCUT2D eigenvalue weighted by Gasteiger charge is 2.27. The van der Waals surface area contributed by atoms with Gasteiger partial charge in [-0.2, -0.15) is 0 Å². The lowest BCUT2D eigenvalue weighted by atomic mass is 10.1. The number of fused-ring (bicyclic) bond motifs is 1. The van der Waals surface area contributed by atoms with Crippen LogP contribution in [0.25, 0.3) is 10.9 Å². The molecule has 0 unspecified atom stereocenters. The van der Waals surface area contributed by atoms with Crippen molar-refractivity contribution >= 4 is 34.0 Å². The summed E-state index contributed by atoms with van der Waals surface area (Å²) in [7, 11) is 0. The molecule has 0 aliphatic carbocycles. The molecule has 2 saturated heterocycles. The van der Waals surface area contributed by atoms with Crippen LogP contribution in [0.5, 0.6) is 0 Å². The Morgan fingerprint density at radius 1 is 0.912 bits per heavy atom. The van der Waals surface area contributed by atoms with E-state index in [2.05, 4.69) is 43.0 Å². The van der Waals surface area contributed by atoms with Gasteiger partial charge < -0.3 is 14.7 Å². The molecule has 3 heterocycles. The smallest absolute Gasteiger partial charge is 0.293 e. The number of hydrogen-bond donors (Lipinski definition) is 0. The Hall–Kier alpha value is -3.68. The number of pyridine rings is 1. The highest BCUT2D eigenvalue weighted by Crippen LogP contribution is 2.32. The number of nitro benzene ring substituents is 1. The summed E-state index contributed by atoms with van der Waals surface area (Å²) in [4.78, 5) is 35.5. The lowest BCUT2D eigenvalue weighted by Gasteiger charge is -2.35. The monoisotopic (exact) mass is 459 g/mol. The van der Waals surface area contributed by atoms with E-state index < -0.39 is 0 Å². The van der Waals surface area contributed by atoms with Gasteiger partial charge in [0, 0.05) is 56.3 Å². The SMILES string of the molecule is Cc1cc(N2CCN(C(=O)c3ccc(N4CCCC4)c([N+](=O)[O-])c3)CC2)nc2c(C)cccc12. The molecule has 176 valence electrons. The zero-order chi connectivity index (χ0) is 23.8. The van der Waals surface area contributed by atoms with Crippen molar-refractivity contribution in [3.05, 3.63) is 69.3 Å². The van der Waals surface area contributed by atoms with Gasteiger partial charge in [0.2, 0.25) is 0 Å². The highest BCUT2D eigenvalue weighted by atomic mass is 16.6. The second kappa shape index (κ2) is 8.93. The molecule has 2 aromatic carbocycles. The standard InChI is InChI=1S/C26H29N5O3/c1-18-6-5-7-21-19(2)16-24(27-25(18)21)29-12-14-30(15-13-29)26(32)20-8-9-22(23(17-20)31(33)34)28-10-3-4-11-28/h5-9,16-17H,3-4,10-15H2,1-2H3. The number of rotatable bonds is 4. The number of aromatic nitrogens is 1. The van der Waals surface area contributed by atoms with Gasteiger partial charge in [-0.3, -0.25) is 14.9 Å². The molecule has 34 heavy (non-hydrogen) atoms. The molecule has 5 rings (SSSR count). The summed E-state index contributed by atoms with van der Waals surface area (Å²) in [5, 5.41) is 12.9. The summed E-state index contributed by atoms with van der Waals surface area (Å²) in [5.74, 6) is 0.770. The molecular formula is C26H29N5O3. The van der Waals surface area contributed by atoms with Crippen LogP contribution < -0.4 is 9.80 Å². The molecule has 0 saturated carbocycles. The lowest BCUT2D eigenvalue weighted by Crippen LogP contribution is -2.49. The number of piperazine rings is 1. The van der Waals surface area contributed by atoms with Gasteiger partial charge in [-0.1, -0.05) is 18.2 Å². The van der Waals surface area contributed by atoms with E-state index in [1.807, 2.05) is 4.90 Å². The normalized spacial score (nSPS) is 16.4. The quantitative estimate of drug-likeness (QED) is 0.427. The number of anilines is 2. The first kappa shape index (κ1) is 22.1. The molecule has 2 aliphatic heterocycles. The molecular weight excluding hydrogens is 430 g/mol. The van der Waals surface area contributed by atoms with Crippen LogP contribution in [-0.2, 0) is 0 Å². The Morgan fingerprint density at radius 3 is 2.35 bits per heavy atom. The van der Waals surface area contributed by atoms with Crippen molar-refractivity contribution in [1.82, 2.24) is 9.88 Å². The van der Waals surface area contributed by atoms with Gasteiger partial charge in [0.05, 0.1) is 10.4 Å². The Labute approximate surface area is 198 Å². The van der Waals surface area contributed by atoms with Crippen molar-refractivity contribution in [1.29, 1.82) is 0 Å². The lowest BCUT2D eigenvalue weighted by molar-refractivity contribution is -0.384. The molecule has 0 bridgehead atoms. The molecule has 1 aromatic heterocycles. The number of aryl methyl sites for hydroxylation is 2. The Balaban J connectivity index is 1.32. The van der Waals surface area contributed by atoms with E-state index in [0.717, 1.165) is 48.2 Å². The van der Waals surface area contributed by atoms with Crippen molar-refractivity contribution in [2.75, 3.05) is 49.1 Å². The Kier molecular flexibility index (Phi) is 5.81. The summed E-state index contributed by atoms with van der Waals surface area (Å²) < 4.78 is 0. The van der Waals surface area contributed by atoms with Crippen LogP contribution >= 0.6 is 0 Å². The third-order valence-corrected chi connectivity index (χ3v) is 6.99. The topological polar surface area (TPSA) is 82.8 Å². The number of nitro groups is 1. The maximum Gasteiger partial charge on any atom is 0.293 e. The number of carbonyl (C=O) groups excluding carboxylic acids is 1. The van der Waals surface area contributed by atoms with Crippen LogP contribution in [-0.4, -0.2) is 60.0 Å². The molecule has 0 atom stereocenters. The van der Waals surface area contributed by atoms with Crippen LogP contribution in [0.4, 0.5) is 17.2 Å². The number of benzene rings is 2. The maximum atomic E-state index is 13.2. The van der Waals surface area contributed by atoms with E-state index in [0.29, 0.717) is 37.4 Å². The first-order valence-corrected chi connectivity index (χ1v) is 11.9. The van der Waals surface area contributed by atoms with Crippen LogP contribution in [0.3, 0.4) is 0 Å². The van der Waals surface area contributed by atoms with Gasteiger partial charge in [0.25, 0.3) is 11.6 Å². The second-order valence-corrected chi connectivity index (χ2v) is 9.20. The van der Waals surface area contributed by atoms with Crippen molar-refractivity contribution in [2.45, 2.75) is 26.7 Å². The van der Waals surface area contributed by atoms with Gasteiger partial charge in [-0.15, -0.1) is 0 Å². The van der Waals surface area contributed by atoms with E-state index in [4.69, 9.17) is 4.98 Å². The fraction of sp³-hybridized carbons (Fsp3) is 0.385. The number of amides is 1. The summed E-state index contributed by atoms with van der Waals surface area (Å²) in [6.07, 6.45) is 2.07. The molecule has 8 nitrogen and oxygen atoms in total. The average Bonchev–Trinajstić information content (AvgIpc) is 3.39. The minimum atomic E-state index is -0.377. The molecule has 0 spiro atoms. The molecule has 2 aliphatic rings. The van der Waals surface area contributed by atoms with Gasteiger partial charge >= 0.3 is 0 Å². The van der Waals surface area contributed by atoms with Crippen LogP contribution in [0.1, 0.15) is 34.3 Å². The van der Waals surface area contributed by atoms with E-state index in [-0.39, 0.29) is 16.5 Å². The molecule has 0 radical (unpaired) electrons. The molecule has 0 N–H and O–H groups in total. The zero-order valence-corrected chi connectivity index (χ0v) is 19.7. The molecule has 8 heteroatoms. The third-order valence-electron chi connectivity index (χ3n) is 6.99. The van der Waals surface area contributed by atoms with Crippen molar-refractivity contribution in [3.63, 3.8) is 0 Å². The van der Waals surface area contributed by atoms with Crippen LogP contribution in [0, 0.1) is 24.0 Å². The van der Waals surface area contributed by atoms with E-state index in [1.165, 1.54) is 11.6 Å². The fourth-order valence-electron chi connectivity index (χ4n) is 5.06. The fourth-order valence-corrected chi connectivity index (χ4v) is 5.06. The Bertz CT molecular complexity index is 1260. The first-order chi connectivity index (χ1) is 16.4. The van der Waals surface area contributed by atoms with Crippen molar-refractivity contribution < 1.29 is 9.72 Å². The summed E-state index contributed by atoms with van der Waals surface area (Å²) in [6.45, 7) is 8.25. The van der Waals surface area contributed by atoms with Gasteiger partial charge in [-0.25, -0.2) is 4.98 Å². The van der Waals surface area contributed by atoms with Crippen LogP contribution in [0.15, 0.2) is 42.5 Å². The average molecular weight is 460 g/mol. The Morgan fingerprint density at radius 2 is 1.65 bits per heavy atom. The van der Waals surface area contributed by atoms with Crippen molar-refractivity contribution in [3.8, 4) is 0 Å². The highest BCUT2D eigenvalue weighted by molar-refractivity contribution is 5.96. The van der Waals surface area contributed by atoms with Crippen molar-refractivity contribution in [2.24, 2.45) is 0 Å². The van der Waals surface area contributed by atoms with E-state index >= 15 is 0 Å². The summed E-state index contributed by atoms with van der Waals surface area (Å²) in [5.41, 5.74) is 4.34. The maximum absolute atomic E-state index is 13.2. The van der Waals surface area contributed by atoms with Gasteiger partial charge in [0.15, 0.2) is 0 Å². The van der Waals surface area contributed by atoms with Gasteiger partial charge in [-0.05, 0) is 56.0 Å². The summed E-state index contributed by atoms with van der Waals surface area (Å²) in [6, 6.07) is 13.2. The number of hydrogen-bond acceptors (Lipinski definition) is 6. The predicted molar refractivity (Wildman–Crippen MR) is 134 cm³/mol. The van der Waals surface area contributed by atoms with E-state index in [9.17, 15) is 14.9 Å². The van der Waals surface area contributed by atoms with Gasteiger partial charge in [0.1, 0.15) is 11.5 Å². The first-order valence-electron chi connectivity index (χ1n) is 11.9. The molecule has 3 aromatic rings. The number of carbonyl (C=O) groups is 1. The number of para-hydroxylation sites is 1. The minimum Gasteiger partial charge on any atom is -0.366 e. The molecule has 1 amide bonds. The zero-order valence-electron chi connectivity index (χ0n) is 19.7. The summed E-state index contributed by atoms with van der Waals surface area (Å²) >= 11 is 0.